The molecule has 0 spiro atoms. The first-order valence-electron chi connectivity index (χ1n) is 5.38. The molecule has 3 nitrogen and oxygen atoms in total. The third-order valence-electron chi connectivity index (χ3n) is 3.00. The maximum atomic E-state index is 11.9. The van der Waals surface area contributed by atoms with Crippen molar-refractivity contribution >= 4 is 29.9 Å². The molecular weight excluding hydrogens is 259 g/mol. The predicted molar refractivity (Wildman–Crippen MR) is 71.8 cm³/mol. The zero-order valence-electron chi connectivity index (χ0n) is 9.65. The summed E-state index contributed by atoms with van der Waals surface area (Å²) in [5.41, 5.74) is 0.897. The molecule has 0 atom stereocenters. The molecule has 0 saturated carbocycles. The average molecular weight is 275 g/mol. The maximum absolute atomic E-state index is 11.9. The third kappa shape index (κ3) is 3.35. The Bertz CT molecular complexity index is 394. The molecule has 1 N–H and O–H groups in total. The number of nitrogens with one attached hydrogen (secondary N) is 1. The second-order valence-electron chi connectivity index (χ2n) is 4.08. The zero-order chi connectivity index (χ0) is 11.5. The molecule has 0 unspecified atom stereocenters. The number of rotatable bonds is 3. The van der Waals surface area contributed by atoms with Gasteiger partial charge in [-0.1, -0.05) is 29.8 Å². The highest BCUT2D eigenvalue weighted by Gasteiger charge is 2.25. The third-order valence-corrected chi connectivity index (χ3v) is 3.37. The molecule has 1 fully saturated rings. The molecule has 0 radical (unpaired) electrons. The second-order valence-corrected chi connectivity index (χ2v) is 4.49. The fourth-order valence-corrected chi connectivity index (χ4v) is 1.88. The van der Waals surface area contributed by atoms with Gasteiger partial charge in [0.1, 0.15) is 0 Å². The Hall–Kier alpha value is -0.770. The standard InChI is InChI=1S/C12H15ClN2O.ClH/c1-15(10-7-14-8-10)12(16)6-9-4-2-3-5-11(9)13;/h2-5,10,14H,6-8H2,1H3;1H. The largest absolute Gasteiger partial charge is 0.340 e. The quantitative estimate of drug-likeness (QED) is 0.911. The Morgan fingerprint density at radius 2 is 2.12 bits per heavy atom. The van der Waals surface area contributed by atoms with E-state index >= 15 is 0 Å². The molecule has 5 heteroatoms. The summed E-state index contributed by atoms with van der Waals surface area (Å²) in [5.74, 6) is 0.125. The predicted octanol–water partition coefficient (Wildman–Crippen LogP) is 1.73. The van der Waals surface area contributed by atoms with E-state index in [2.05, 4.69) is 5.32 Å². The molecule has 1 aliphatic heterocycles. The van der Waals surface area contributed by atoms with Crippen molar-refractivity contribution in [3.05, 3.63) is 34.9 Å². The summed E-state index contributed by atoms with van der Waals surface area (Å²) >= 11 is 6.02. The van der Waals surface area contributed by atoms with Gasteiger partial charge in [0.25, 0.3) is 0 Å². The number of hydrogen-bond acceptors (Lipinski definition) is 2. The van der Waals surface area contributed by atoms with Crippen LogP contribution >= 0.6 is 24.0 Å². The number of likely N-dealkylation sites (N-methyl/N-ethyl adjacent to an activating group) is 1. The fraction of sp³-hybridized carbons (Fsp3) is 0.417. The van der Waals surface area contributed by atoms with Gasteiger partial charge in [0.15, 0.2) is 0 Å². The van der Waals surface area contributed by atoms with Crippen molar-refractivity contribution in [2.24, 2.45) is 0 Å². The molecule has 2 rings (SSSR count). The van der Waals surface area contributed by atoms with Gasteiger partial charge in [-0.3, -0.25) is 4.79 Å². The highest BCUT2D eigenvalue weighted by atomic mass is 35.5. The van der Waals surface area contributed by atoms with Crippen molar-refractivity contribution in [3.63, 3.8) is 0 Å². The Labute approximate surface area is 113 Å². The van der Waals surface area contributed by atoms with Crippen molar-refractivity contribution in [2.75, 3.05) is 20.1 Å². The molecule has 1 aromatic rings. The van der Waals surface area contributed by atoms with Crippen molar-refractivity contribution in [3.8, 4) is 0 Å². The maximum Gasteiger partial charge on any atom is 0.227 e. The highest BCUT2D eigenvalue weighted by Crippen LogP contribution is 2.16. The monoisotopic (exact) mass is 274 g/mol. The van der Waals surface area contributed by atoms with Crippen LogP contribution in [0.25, 0.3) is 0 Å². The topological polar surface area (TPSA) is 32.3 Å². The van der Waals surface area contributed by atoms with Crippen molar-refractivity contribution in [2.45, 2.75) is 12.5 Å². The van der Waals surface area contributed by atoms with Gasteiger partial charge < -0.3 is 10.2 Å². The summed E-state index contributed by atoms with van der Waals surface area (Å²) in [5, 5.41) is 3.82. The molecule has 1 saturated heterocycles. The minimum atomic E-state index is 0. The van der Waals surface area contributed by atoms with Crippen LogP contribution in [-0.2, 0) is 11.2 Å². The summed E-state index contributed by atoms with van der Waals surface area (Å²) in [6.45, 7) is 1.79. The van der Waals surface area contributed by atoms with Crippen LogP contribution < -0.4 is 5.32 Å². The second kappa shape index (κ2) is 6.24. The summed E-state index contributed by atoms with van der Waals surface area (Å²) in [6.07, 6.45) is 0.382. The first-order chi connectivity index (χ1) is 7.68. The van der Waals surface area contributed by atoms with E-state index in [9.17, 15) is 4.79 Å². The van der Waals surface area contributed by atoms with Crippen molar-refractivity contribution in [1.29, 1.82) is 0 Å². The minimum absolute atomic E-state index is 0. The smallest absolute Gasteiger partial charge is 0.227 e. The number of amides is 1. The molecule has 17 heavy (non-hydrogen) atoms. The molecule has 1 aromatic carbocycles. The summed E-state index contributed by atoms with van der Waals surface area (Å²) in [4.78, 5) is 13.7. The fourth-order valence-electron chi connectivity index (χ4n) is 1.68. The summed E-state index contributed by atoms with van der Waals surface area (Å²) in [7, 11) is 1.85. The Morgan fingerprint density at radius 1 is 1.47 bits per heavy atom. The summed E-state index contributed by atoms with van der Waals surface area (Å²) < 4.78 is 0. The highest BCUT2D eigenvalue weighted by molar-refractivity contribution is 6.31. The van der Waals surface area contributed by atoms with E-state index in [1.165, 1.54) is 0 Å². The molecule has 1 heterocycles. The van der Waals surface area contributed by atoms with Gasteiger partial charge in [-0.05, 0) is 11.6 Å². The van der Waals surface area contributed by atoms with Gasteiger partial charge in [-0.15, -0.1) is 12.4 Å². The minimum Gasteiger partial charge on any atom is -0.340 e. The Kier molecular flexibility index (Phi) is 5.25. The van der Waals surface area contributed by atoms with Crippen LogP contribution in [0, 0.1) is 0 Å². The van der Waals surface area contributed by atoms with Crippen LogP contribution in [0.5, 0.6) is 0 Å². The van der Waals surface area contributed by atoms with Crippen LogP contribution in [0.15, 0.2) is 24.3 Å². The van der Waals surface area contributed by atoms with Crippen LogP contribution in [0.2, 0.25) is 5.02 Å². The van der Waals surface area contributed by atoms with Gasteiger partial charge in [-0.25, -0.2) is 0 Å². The van der Waals surface area contributed by atoms with Gasteiger partial charge in [0.05, 0.1) is 12.5 Å². The number of hydrogen-bond donors (Lipinski definition) is 1. The summed E-state index contributed by atoms with van der Waals surface area (Å²) in [6, 6.07) is 7.83. The molecule has 0 bridgehead atoms. The van der Waals surface area contributed by atoms with Gasteiger partial charge >= 0.3 is 0 Å². The van der Waals surface area contributed by atoms with E-state index in [4.69, 9.17) is 11.6 Å². The average Bonchev–Trinajstić information content (AvgIpc) is 2.18. The van der Waals surface area contributed by atoms with Gasteiger partial charge in [0.2, 0.25) is 5.91 Å². The molecule has 1 aliphatic rings. The zero-order valence-corrected chi connectivity index (χ0v) is 11.2. The van der Waals surface area contributed by atoms with Gasteiger partial charge in [-0.2, -0.15) is 0 Å². The number of carbonyl (C=O) groups is 1. The lowest BCUT2D eigenvalue weighted by Crippen LogP contribution is -2.57. The molecule has 0 aromatic heterocycles. The lowest BCUT2D eigenvalue weighted by molar-refractivity contribution is -0.132. The SMILES string of the molecule is CN(C(=O)Cc1ccccc1Cl)C1CNC1.Cl. The van der Waals surface area contributed by atoms with E-state index < -0.39 is 0 Å². The molecule has 0 aliphatic carbocycles. The van der Waals surface area contributed by atoms with Crippen LogP contribution in [0.3, 0.4) is 0 Å². The number of carbonyl (C=O) groups excluding carboxylic acids is 1. The van der Waals surface area contributed by atoms with E-state index in [0.29, 0.717) is 17.5 Å². The lowest BCUT2D eigenvalue weighted by Gasteiger charge is -2.35. The normalized spacial score (nSPS) is 14.7. The Morgan fingerprint density at radius 3 is 2.65 bits per heavy atom. The van der Waals surface area contributed by atoms with Crippen LogP contribution in [0.1, 0.15) is 5.56 Å². The van der Waals surface area contributed by atoms with E-state index in [0.717, 1.165) is 18.7 Å². The molecule has 94 valence electrons. The lowest BCUT2D eigenvalue weighted by atomic mass is 10.1. The van der Waals surface area contributed by atoms with E-state index in [1.54, 1.807) is 4.90 Å². The van der Waals surface area contributed by atoms with Crippen LogP contribution in [0.4, 0.5) is 0 Å². The first kappa shape index (κ1) is 14.3. The number of nitrogens with zero attached hydrogens (tertiary/aromatic N) is 1. The number of halogens is 2. The van der Waals surface area contributed by atoms with E-state index in [-0.39, 0.29) is 18.3 Å². The van der Waals surface area contributed by atoms with Gasteiger partial charge in [0, 0.05) is 25.2 Å². The van der Waals surface area contributed by atoms with Crippen molar-refractivity contribution in [1.82, 2.24) is 10.2 Å². The molecule has 1 amide bonds. The van der Waals surface area contributed by atoms with Crippen molar-refractivity contribution < 1.29 is 4.79 Å². The van der Waals surface area contributed by atoms with E-state index in [1.807, 2.05) is 31.3 Å². The number of benzene rings is 1. The Balaban J connectivity index is 0.00000144. The molecular formula is C12H16Cl2N2O. The first-order valence-corrected chi connectivity index (χ1v) is 5.76. The van der Waals surface area contributed by atoms with Crippen LogP contribution in [-0.4, -0.2) is 37.0 Å².